The first kappa shape index (κ1) is 11.6. The molecule has 0 saturated carbocycles. The maximum absolute atomic E-state index is 14.2. The predicted octanol–water partition coefficient (Wildman–Crippen LogP) is 4.22. The van der Waals surface area contributed by atoms with E-state index < -0.39 is 5.60 Å². The van der Waals surface area contributed by atoms with Crippen molar-refractivity contribution in [3.8, 4) is 11.1 Å². The van der Waals surface area contributed by atoms with Gasteiger partial charge in [0.15, 0.2) is 0 Å². The van der Waals surface area contributed by atoms with Gasteiger partial charge in [-0.15, -0.1) is 0 Å². The highest BCUT2D eigenvalue weighted by Gasteiger charge is 2.41. The highest BCUT2D eigenvalue weighted by atomic mass is 19.1. The van der Waals surface area contributed by atoms with E-state index in [0.717, 1.165) is 27.5 Å². The lowest BCUT2D eigenvalue weighted by Crippen LogP contribution is -2.21. The van der Waals surface area contributed by atoms with Crippen molar-refractivity contribution in [2.45, 2.75) is 12.5 Å². The van der Waals surface area contributed by atoms with Gasteiger partial charge in [0.05, 0.1) is 0 Å². The Labute approximate surface area is 116 Å². The second kappa shape index (κ2) is 3.68. The monoisotopic (exact) mass is 264 g/mol. The second-order valence-corrected chi connectivity index (χ2v) is 5.44. The van der Waals surface area contributed by atoms with E-state index in [1.165, 1.54) is 6.07 Å². The lowest BCUT2D eigenvalue weighted by Gasteiger charge is -2.22. The topological polar surface area (TPSA) is 20.2 Å². The summed E-state index contributed by atoms with van der Waals surface area (Å²) in [6, 6.07) is 16.8. The van der Waals surface area contributed by atoms with Crippen LogP contribution in [0.25, 0.3) is 21.9 Å². The average Bonchev–Trinajstić information content (AvgIpc) is 2.69. The molecule has 0 fully saturated rings. The van der Waals surface area contributed by atoms with Crippen LogP contribution in [0, 0.1) is 5.82 Å². The van der Waals surface area contributed by atoms with Gasteiger partial charge in [-0.25, -0.2) is 4.39 Å². The van der Waals surface area contributed by atoms with Crippen LogP contribution in [0.15, 0.2) is 54.6 Å². The number of hydrogen-bond donors (Lipinski definition) is 1. The average molecular weight is 264 g/mol. The van der Waals surface area contributed by atoms with Crippen LogP contribution >= 0.6 is 0 Å². The maximum Gasteiger partial charge on any atom is 0.130 e. The number of halogens is 1. The Bertz CT molecular complexity index is 849. The summed E-state index contributed by atoms with van der Waals surface area (Å²) in [5.74, 6) is -0.354. The van der Waals surface area contributed by atoms with Gasteiger partial charge in [0.2, 0.25) is 0 Å². The van der Waals surface area contributed by atoms with E-state index in [-0.39, 0.29) is 5.82 Å². The fourth-order valence-corrected chi connectivity index (χ4v) is 3.39. The van der Waals surface area contributed by atoms with Gasteiger partial charge in [0.1, 0.15) is 11.4 Å². The molecule has 0 aromatic heterocycles. The van der Waals surface area contributed by atoms with E-state index in [4.69, 9.17) is 0 Å². The van der Waals surface area contributed by atoms with E-state index in [0.29, 0.717) is 5.56 Å². The molecule has 0 aliphatic heterocycles. The molecule has 98 valence electrons. The molecular weight excluding hydrogens is 251 g/mol. The summed E-state index contributed by atoms with van der Waals surface area (Å²) in [5.41, 5.74) is 1.60. The minimum absolute atomic E-state index is 0.354. The molecule has 0 radical (unpaired) electrons. The SMILES string of the molecule is CC1(O)c2c(F)cccc2-c2ccc3ccccc3c21. The molecule has 1 nitrogen and oxygen atoms in total. The van der Waals surface area contributed by atoms with Crippen molar-refractivity contribution in [1.29, 1.82) is 0 Å². The van der Waals surface area contributed by atoms with Gasteiger partial charge >= 0.3 is 0 Å². The maximum atomic E-state index is 14.2. The zero-order valence-corrected chi connectivity index (χ0v) is 11.0. The van der Waals surface area contributed by atoms with E-state index in [2.05, 4.69) is 0 Å². The number of hydrogen-bond acceptors (Lipinski definition) is 1. The Balaban J connectivity index is 2.20. The summed E-state index contributed by atoms with van der Waals surface area (Å²) in [6.07, 6.45) is 0. The zero-order chi connectivity index (χ0) is 13.9. The molecule has 0 bridgehead atoms. The molecule has 3 aromatic rings. The molecule has 1 atom stereocenters. The Morgan fingerprint density at radius 2 is 1.60 bits per heavy atom. The van der Waals surface area contributed by atoms with Crippen molar-refractivity contribution in [3.63, 3.8) is 0 Å². The molecule has 0 heterocycles. The van der Waals surface area contributed by atoms with Crippen LogP contribution in [0.2, 0.25) is 0 Å². The molecule has 20 heavy (non-hydrogen) atoms. The van der Waals surface area contributed by atoms with Crippen LogP contribution in [-0.4, -0.2) is 5.11 Å². The Morgan fingerprint density at radius 3 is 2.45 bits per heavy atom. The predicted molar refractivity (Wildman–Crippen MR) is 78.0 cm³/mol. The van der Waals surface area contributed by atoms with Crippen molar-refractivity contribution in [2.24, 2.45) is 0 Å². The largest absolute Gasteiger partial charge is 0.381 e. The summed E-state index contributed by atoms with van der Waals surface area (Å²) in [5, 5.41) is 13.0. The van der Waals surface area contributed by atoms with Crippen molar-refractivity contribution in [1.82, 2.24) is 0 Å². The van der Waals surface area contributed by atoms with Gasteiger partial charge in [0.25, 0.3) is 0 Å². The van der Waals surface area contributed by atoms with Crippen LogP contribution in [0.5, 0.6) is 0 Å². The van der Waals surface area contributed by atoms with Crippen molar-refractivity contribution < 1.29 is 9.50 Å². The quantitative estimate of drug-likeness (QED) is 0.644. The molecule has 0 amide bonds. The van der Waals surface area contributed by atoms with E-state index in [1.807, 2.05) is 42.5 Å². The van der Waals surface area contributed by atoms with Crippen LogP contribution < -0.4 is 0 Å². The van der Waals surface area contributed by atoms with Gasteiger partial charge in [-0.1, -0.05) is 48.5 Å². The van der Waals surface area contributed by atoms with Gasteiger partial charge in [0, 0.05) is 11.1 Å². The summed E-state index contributed by atoms with van der Waals surface area (Å²) in [4.78, 5) is 0. The van der Waals surface area contributed by atoms with Gasteiger partial charge in [-0.05, 0) is 34.9 Å². The highest BCUT2D eigenvalue weighted by molar-refractivity contribution is 5.96. The fraction of sp³-hybridized carbons (Fsp3) is 0.111. The third kappa shape index (κ3) is 1.29. The van der Waals surface area contributed by atoms with Crippen LogP contribution in [0.4, 0.5) is 4.39 Å². The van der Waals surface area contributed by atoms with Crippen LogP contribution in [0.3, 0.4) is 0 Å². The number of fused-ring (bicyclic) bond motifs is 5. The Hall–Kier alpha value is -2.19. The molecule has 0 saturated heterocycles. The standard InChI is InChI=1S/C18H13FO/c1-18(20)16-12-6-3-2-5-11(12)9-10-14(16)13-7-4-8-15(19)17(13)18/h2-10,20H,1H3. The zero-order valence-electron chi connectivity index (χ0n) is 11.0. The summed E-state index contributed by atoms with van der Waals surface area (Å²) in [6.45, 7) is 1.67. The van der Waals surface area contributed by atoms with E-state index in [9.17, 15) is 9.50 Å². The van der Waals surface area contributed by atoms with Gasteiger partial charge in [-0.3, -0.25) is 0 Å². The van der Waals surface area contributed by atoms with E-state index >= 15 is 0 Å². The second-order valence-electron chi connectivity index (χ2n) is 5.44. The smallest absolute Gasteiger partial charge is 0.130 e. The van der Waals surface area contributed by atoms with Crippen LogP contribution in [-0.2, 0) is 5.60 Å². The lowest BCUT2D eigenvalue weighted by molar-refractivity contribution is 0.105. The molecule has 3 aromatic carbocycles. The third-order valence-corrected chi connectivity index (χ3v) is 4.21. The molecule has 1 unspecified atom stereocenters. The lowest BCUT2D eigenvalue weighted by atomic mass is 9.89. The first-order chi connectivity index (χ1) is 9.60. The van der Waals surface area contributed by atoms with Crippen molar-refractivity contribution >= 4 is 10.8 Å². The molecule has 1 N–H and O–H groups in total. The number of benzene rings is 3. The first-order valence-corrected chi connectivity index (χ1v) is 6.64. The minimum Gasteiger partial charge on any atom is -0.381 e. The van der Waals surface area contributed by atoms with Crippen molar-refractivity contribution in [3.05, 3.63) is 71.5 Å². The number of aliphatic hydroxyl groups is 1. The molecule has 2 heteroatoms. The highest BCUT2D eigenvalue weighted by Crippen LogP contribution is 2.50. The number of rotatable bonds is 0. The molecule has 4 rings (SSSR count). The van der Waals surface area contributed by atoms with Gasteiger partial charge < -0.3 is 5.11 Å². The summed E-state index contributed by atoms with van der Waals surface area (Å²) < 4.78 is 14.2. The summed E-state index contributed by atoms with van der Waals surface area (Å²) >= 11 is 0. The normalized spacial score (nSPS) is 19.9. The van der Waals surface area contributed by atoms with E-state index in [1.54, 1.807) is 13.0 Å². The molecule has 1 aliphatic carbocycles. The molecule has 1 aliphatic rings. The Morgan fingerprint density at radius 1 is 0.850 bits per heavy atom. The fourth-order valence-electron chi connectivity index (χ4n) is 3.39. The Kier molecular flexibility index (Phi) is 2.14. The minimum atomic E-state index is -1.29. The van der Waals surface area contributed by atoms with Crippen LogP contribution in [0.1, 0.15) is 18.1 Å². The first-order valence-electron chi connectivity index (χ1n) is 6.64. The summed E-state index contributed by atoms with van der Waals surface area (Å²) in [7, 11) is 0. The van der Waals surface area contributed by atoms with Gasteiger partial charge in [-0.2, -0.15) is 0 Å². The third-order valence-electron chi connectivity index (χ3n) is 4.21. The van der Waals surface area contributed by atoms with Crippen molar-refractivity contribution in [2.75, 3.05) is 0 Å². The molecular formula is C18H13FO. The molecule has 0 spiro atoms.